The lowest BCUT2D eigenvalue weighted by Gasteiger charge is -2.29. The van der Waals surface area contributed by atoms with Crippen LogP contribution in [0, 0.1) is 11.8 Å². The SMILES string of the molecule is CC(C)C(NC(=O)N1CCCC1C(C)C)C(=O)O. The maximum atomic E-state index is 12.1. The van der Waals surface area contributed by atoms with E-state index in [1.54, 1.807) is 18.7 Å². The highest BCUT2D eigenvalue weighted by Gasteiger charge is 2.33. The van der Waals surface area contributed by atoms with Crippen LogP contribution in [0.15, 0.2) is 0 Å². The van der Waals surface area contributed by atoms with E-state index < -0.39 is 12.0 Å². The first-order valence-corrected chi connectivity index (χ1v) is 6.64. The molecular formula is C13H24N2O3. The van der Waals surface area contributed by atoms with Crippen LogP contribution in [0.4, 0.5) is 4.79 Å². The number of nitrogens with one attached hydrogen (secondary N) is 1. The van der Waals surface area contributed by atoms with Crippen molar-refractivity contribution in [2.24, 2.45) is 11.8 Å². The molecule has 0 aromatic heterocycles. The molecule has 0 radical (unpaired) electrons. The molecule has 0 bridgehead atoms. The molecule has 1 aliphatic rings. The Morgan fingerprint density at radius 3 is 2.33 bits per heavy atom. The van der Waals surface area contributed by atoms with E-state index >= 15 is 0 Å². The van der Waals surface area contributed by atoms with Crippen molar-refractivity contribution >= 4 is 12.0 Å². The molecule has 0 aromatic rings. The molecule has 1 aliphatic heterocycles. The minimum atomic E-state index is -0.973. The van der Waals surface area contributed by atoms with Gasteiger partial charge in [-0.3, -0.25) is 0 Å². The molecule has 1 fully saturated rings. The number of rotatable bonds is 4. The number of urea groups is 1. The van der Waals surface area contributed by atoms with Crippen LogP contribution < -0.4 is 5.32 Å². The zero-order valence-corrected chi connectivity index (χ0v) is 11.6. The first-order valence-electron chi connectivity index (χ1n) is 6.64. The number of carbonyl (C=O) groups excluding carboxylic acids is 1. The normalized spacial score (nSPS) is 21.4. The Bertz CT molecular complexity index is 315. The van der Waals surface area contributed by atoms with Gasteiger partial charge >= 0.3 is 12.0 Å². The Kier molecular flexibility index (Phi) is 4.99. The van der Waals surface area contributed by atoms with E-state index in [1.807, 2.05) is 0 Å². The van der Waals surface area contributed by atoms with Crippen molar-refractivity contribution in [3.8, 4) is 0 Å². The van der Waals surface area contributed by atoms with Gasteiger partial charge in [-0.1, -0.05) is 27.7 Å². The molecule has 2 unspecified atom stereocenters. The number of aliphatic carboxylic acids is 1. The molecule has 1 rings (SSSR count). The van der Waals surface area contributed by atoms with Crippen LogP contribution in [0.3, 0.4) is 0 Å². The van der Waals surface area contributed by atoms with Crippen LogP contribution >= 0.6 is 0 Å². The first kappa shape index (κ1) is 14.8. The summed E-state index contributed by atoms with van der Waals surface area (Å²) in [6.07, 6.45) is 2.00. The Morgan fingerprint density at radius 1 is 1.28 bits per heavy atom. The van der Waals surface area contributed by atoms with Crippen molar-refractivity contribution in [3.05, 3.63) is 0 Å². The Labute approximate surface area is 109 Å². The van der Waals surface area contributed by atoms with Gasteiger partial charge in [0.2, 0.25) is 0 Å². The molecule has 1 saturated heterocycles. The van der Waals surface area contributed by atoms with E-state index in [4.69, 9.17) is 5.11 Å². The zero-order chi connectivity index (χ0) is 13.9. The quantitative estimate of drug-likeness (QED) is 0.807. The smallest absolute Gasteiger partial charge is 0.326 e. The number of carbonyl (C=O) groups is 2. The molecule has 18 heavy (non-hydrogen) atoms. The molecule has 1 heterocycles. The number of nitrogens with zero attached hydrogens (tertiary/aromatic N) is 1. The number of carboxylic acids is 1. The topological polar surface area (TPSA) is 69.6 Å². The second-order valence-electron chi connectivity index (χ2n) is 5.66. The minimum Gasteiger partial charge on any atom is -0.480 e. The van der Waals surface area contributed by atoms with Gasteiger partial charge in [0, 0.05) is 12.6 Å². The van der Waals surface area contributed by atoms with Crippen LogP contribution in [-0.2, 0) is 4.79 Å². The second-order valence-corrected chi connectivity index (χ2v) is 5.66. The molecule has 0 aromatic carbocycles. The van der Waals surface area contributed by atoms with Gasteiger partial charge in [-0.2, -0.15) is 0 Å². The molecule has 2 atom stereocenters. The van der Waals surface area contributed by atoms with Gasteiger partial charge in [0.25, 0.3) is 0 Å². The van der Waals surface area contributed by atoms with E-state index in [0.717, 1.165) is 19.4 Å². The average Bonchev–Trinajstić information content (AvgIpc) is 2.73. The van der Waals surface area contributed by atoms with Gasteiger partial charge in [0.15, 0.2) is 0 Å². The summed E-state index contributed by atoms with van der Waals surface area (Å²) < 4.78 is 0. The third-order valence-corrected chi connectivity index (χ3v) is 3.54. The van der Waals surface area contributed by atoms with Gasteiger partial charge in [-0.05, 0) is 24.7 Å². The summed E-state index contributed by atoms with van der Waals surface area (Å²) in [6.45, 7) is 8.49. The molecule has 5 heteroatoms. The van der Waals surface area contributed by atoms with Crippen molar-refractivity contribution in [2.45, 2.75) is 52.6 Å². The Balaban J connectivity index is 2.66. The third-order valence-electron chi connectivity index (χ3n) is 3.54. The lowest BCUT2D eigenvalue weighted by molar-refractivity contribution is -0.140. The summed E-state index contributed by atoms with van der Waals surface area (Å²) in [5.74, 6) is -0.689. The monoisotopic (exact) mass is 256 g/mol. The number of carboxylic acid groups (broad SMARTS) is 1. The molecule has 0 aliphatic carbocycles. The molecular weight excluding hydrogens is 232 g/mol. The fourth-order valence-electron chi connectivity index (χ4n) is 2.47. The van der Waals surface area contributed by atoms with E-state index in [2.05, 4.69) is 19.2 Å². The maximum absolute atomic E-state index is 12.1. The van der Waals surface area contributed by atoms with E-state index in [9.17, 15) is 9.59 Å². The third kappa shape index (κ3) is 3.37. The first-order chi connectivity index (χ1) is 8.34. The summed E-state index contributed by atoms with van der Waals surface area (Å²) in [6, 6.07) is -0.829. The molecule has 104 valence electrons. The highest BCUT2D eigenvalue weighted by Crippen LogP contribution is 2.23. The van der Waals surface area contributed by atoms with Crippen LogP contribution in [0.25, 0.3) is 0 Å². The highest BCUT2D eigenvalue weighted by molar-refractivity contribution is 5.83. The van der Waals surface area contributed by atoms with Crippen LogP contribution in [0.2, 0.25) is 0 Å². The predicted molar refractivity (Wildman–Crippen MR) is 69.4 cm³/mol. The molecule has 2 amide bonds. The standard InChI is InChI=1S/C13H24N2O3/c1-8(2)10-6-5-7-15(10)13(18)14-11(9(3)4)12(16)17/h8-11H,5-7H2,1-4H3,(H,14,18)(H,16,17). The van der Waals surface area contributed by atoms with Gasteiger partial charge in [-0.15, -0.1) is 0 Å². The van der Waals surface area contributed by atoms with E-state index in [0.29, 0.717) is 5.92 Å². The summed E-state index contributed by atoms with van der Waals surface area (Å²) in [7, 11) is 0. The molecule has 0 spiro atoms. The summed E-state index contributed by atoms with van der Waals surface area (Å²) in [5, 5.41) is 11.7. The van der Waals surface area contributed by atoms with Crippen molar-refractivity contribution in [3.63, 3.8) is 0 Å². The minimum absolute atomic E-state index is 0.119. The maximum Gasteiger partial charge on any atom is 0.326 e. The lowest BCUT2D eigenvalue weighted by Crippen LogP contribution is -2.52. The molecule has 5 nitrogen and oxygen atoms in total. The van der Waals surface area contributed by atoms with Crippen molar-refractivity contribution in [2.75, 3.05) is 6.54 Å². The molecule has 2 N–H and O–H groups in total. The van der Waals surface area contributed by atoms with Crippen LogP contribution in [-0.4, -0.2) is 40.6 Å². The van der Waals surface area contributed by atoms with E-state index in [-0.39, 0.29) is 18.0 Å². The Morgan fingerprint density at radius 2 is 1.89 bits per heavy atom. The van der Waals surface area contributed by atoms with Crippen molar-refractivity contribution < 1.29 is 14.7 Å². The number of hydrogen-bond acceptors (Lipinski definition) is 2. The molecule has 0 saturated carbocycles. The Hall–Kier alpha value is -1.26. The highest BCUT2D eigenvalue weighted by atomic mass is 16.4. The fourth-order valence-corrected chi connectivity index (χ4v) is 2.47. The average molecular weight is 256 g/mol. The fraction of sp³-hybridized carbons (Fsp3) is 0.846. The zero-order valence-electron chi connectivity index (χ0n) is 11.6. The summed E-state index contributed by atoms with van der Waals surface area (Å²) in [5.41, 5.74) is 0. The number of amides is 2. The van der Waals surface area contributed by atoms with Gasteiger partial charge in [0.1, 0.15) is 6.04 Å². The summed E-state index contributed by atoms with van der Waals surface area (Å²) >= 11 is 0. The van der Waals surface area contributed by atoms with Gasteiger partial charge in [0.05, 0.1) is 0 Å². The van der Waals surface area contributed by atoms with Gasteiger partial charge in [-0.25, -0.2) is 9.59 Å². The second kappa shape index (κ2) is 6.07. The van der Waals surface area contributed by atoms with Crippen LogP contribution in [0.1, 0.15) is 40.5 Å². The van der Waals surface area contributed by atoms with Gasteiger partial charge < -0.3 is 15.3 Å². The van der Waals surface area contributed by atoms with Crippen LogP contribution in [0.5, 0.6) is 0 Å². The van der Waals surface area contributed by atoms with Crippen molar-refractivity contribution in [1.82, 2.24) is 10.2 Å². The largest absolute Gasteiger partial charge is 0.480 e. The van der Waals surface area contributed by atoms with Crippen molar-refractivity contribution in [1.29, 1.82) is 0 Å². The lowest BCUT2D eigenvalue weighted by atomic mass is 10.0. The number of hydrogen-bond donors (Lipinski definition) is 2. The summed E-state index contributed by atoms with van der Waals surface area (Å²) in [4.78, 5) is 25.0. The predicted octanol–water partition coefficient (Wildman–Crippen LogP) is 1.93. The van der Waals surface area contributed by atoms with E-state index in [1.165, 1.54) is 0 Å². The number of likely N-dealkylation sites (tertiary alicyclic amines) is 1.